The average Bonchev–Trinajstić information content (AvgIpc) is 3.39. The maximum Gasteiger partial charge on any atom is 0.446 e. The van der Waals surface area contributed by atoms with Crippen LogP contribution in [0.25, 0.3) is 0 Å². The summed E-state index contributed by atoms with van der Waals surface area (Å²) in [6, 6.07) is 5.84. The molecule has 0 radical (unpaired) electrons. The number of thioether (sulfide) groups is 1. The molecule has 28 heavy (non-hydrogen) atoms. The van der Waals surface area contributed by atoms with Gasteiger partial charge in [-0.15, -0.1) is 0 Å². The Morgan fingerprint density at radius 2 is 1.79 bits per heavy atom. The van der Waals surface area contributed by atoms with Crippen LogP contribution in [-0.4, -0.2) is 32.9 Å². The summed E-state index contributed by atoms with van der Waals surface area (Å²) in [7, 11) is 0. The van der Waals surface area contributed by atoms with Gasteiger partial charge in [0.15, 0.2) is 0 Å². The number of urea groups is 1. The van der Waals surface area contributed by atoms with E-state index in [9.17, 15) is 27.2 Å². The Morgan fingerprint density at radius 3 is 2.36 bits per heavy atom. The van der Waals surface area contributed by atoms with E-state index in [0.29, 0.717) is 12.8 Å². The molecule has 1 saturated heterocycles. The Morgan fingerprint density at radius 1 is 1.11 bits per heavy atom. The van der Waals surface area contributed by atoms with Gasteiger partial charge in [-0.3, -0.25) is 9.78 Å². The van der Waals surface area contributed by atoms with Crippen LogP contribution in [0.15, 0.2) is 47.6 Å². The number of anilines is 1. The highest BCUT2D eigenvalue weighted by atomic mass is 32.2. The Balaban J connectivity index is 1.60. The number of rotatable bonds is 4. The van der Waals surface area contributed by atoms with E-state index in [2.05, 4.69) is 4.98 Å². The maximum absolute atomic E-state index is 13.9. The lowest BCUT2D eigenvalue weighted by Crippen LogP contribution is -2.36. The highest BCUT2D eigenvalue weighted by Crippen LogP contribution is 2.50. The number of benzene rings is 1. The highest BCUT2D eigenvalue weighted by molar-refractivity contribution is 8.00. The van der Waals surface area contributed by atoms with Crippen molar-refractivity contribution in [3.63, 3.8) is 0 Å². The molecule has 3 amide bonds. The molecule has 0 unspecified atom stereocenters. The van der Waals surface area contributed by atoms with E-state index in [1.165, 1.54) is 41.4 Å². The Labute approximate surface area is 161 Å². The molecule has 0 bridgehead atoms. The standard InChI is InChI=1S/C18H13F4N3O2S/c19-14-9-23-8-5-11(14)10-24-16(27)25(15(26)17(24)6-7-17)12-1-3-13(4-2-12)28-18(20,21)22/h1-5,8-9H,6-7,10H2. The number of halogens is 4. The normalized spacial score (nSPS) is 18.3. The number of carbonyl (C=O) groups excluding carboxylic acids is 2. The molecule has 1 aliphatic heterocycles. The number of pyridine rings is 1. The summed E-state index contributed by atoms with van der Waals surface area (Å²) >= 11 is -0.277. The largest absolute Gasteiger partial charge is 0.446 e. The molecule has 4 rings (SSSR count). The Hall–Kier alpha value is -2.62. The lowest BCUT2D eigenvalue weighted by molar-refractivity contribution is -0.120. The molecule has 5 nitrogen and oxygen atoms in total. The molecule has 1 aliphatic carbocycles. The van der Waals surface area contributed by atoms with Gasteiger partial charge in [-0.1, -0.05) is 0 Å². The smallest absolute Gasteiger partial charge is 0.305 e. The van der Waals surface area contributed by atoms with E-state index >= 15 is 0 Å². The summed E-state index contributed by atoms with van der Waals surface area (Å²) in [5, 5.41) is 0. The van der Waals surface area contributed by atoms with Crippen LogP contribution < -0.4 is 4.90 Å². The number of carbonyl (C=O) groups is 2. The van der Waals surface area contributed by atoms with Gasteiger partial charge in [0.25, 0.3) is 5.91 Å². The van der Waals surface area contributed by atoms with Crippen LogP contribution in [0.4, 0.5) is 28.0 Å². The fourth-order valence-electron chi connectivity index (χ4n) is 3.26. The molecule has 2 aliphatic rings. The fourth-order valence-corrected chi connectivity index (χ4v) is 3.80. The van der Waals surface area contributed by atoms with Crippen molar-refractivity contribution in [2.24, 2.45) is 0 Å². The van der Waals surface area contributed by atoms with E-state index < -0.39 is 28.8 Å². The van der Waals surface area contributed by atoms with Crippen molar-refractivity contribution in [2.45, 2.75) is 35.3 Å². The SMILES string of the molecule is O=C1N(c2ccc(SC(F)(F)F)cc2)C(=O)C2(CC2)N1Cc1ccncc1F. The monoisotopic (exact) mass is 411 g/mol. The van der Waals surface area contributed by atoms with Gasteiger partial charge in [0, 0.05) is 16.7 Å². The van der Waals surface area contributed by atoms with Gasteiger partial charge in [0.05, 0.1) is 18.4 Å². The van der Waals surface area contributed by atoms with Crippen LogP contribution in [0.2, 0.25) is 0 Å². The van der Waals surface area contributed by atoms with E-state index in [-0.39, 0.29) is 34.5 Å². The van der Waals surface area contributed by atoms with Crippen LogP contribution in [-0.2, 0) is 11.3 Å². The van der Waals surface area contributed by atoms with Crippen molar-refractivity contribution in [1.29, 1.82) is 0 Å². The molecule has 10 heteroatoms. The third-order valence-electron chi connectivity index (χ3n) is 4.78. The Kier molecular flexibility index (Phi) is 4.33. The quantitative estimate of drug-likeness (QED) is 0.427. The van der Waals surface area contributed by atoms with Crippen molar-refractivity contribution < 1.29 is 27.2 Å². The first-order valence-corrected chi connectivity index (χ1v) is 9.13. The highest BCUT2D eigenvalue weighted by Gasteiger charge is 2.65. The summed E-state index contributed by atoms with van der Waals surface area (Å²) in [6.07, 6.45) is 3.35. The summed E-state index contributed by atoms with van der Waals surface area (Å²) < 4.78 is 51.4. The summed E-state index contributed by atoms with van der Waals surface area (Å²) in [4.78, 5) is 31.7. The van der Waals surface area contributed by atoms with Crippen molar-refractivity contribution in [3.8, 4) is 0 Å². The topological polar surface area (TPSA) is 53.5 Å². The van der Waals surface area contributed by atoms with Gasteiger partial charge in [0.1, 0.15) is 11.4 Å². The number of nitrogens with zero attached hydrogens (tertiary/aromatic N) is 3. The fraction of sp³-hybridized carbons (Fsp3) is 0.278. The van der Waals surface area contributed by atoms with Gasteiger partial charge in [0.2, 0.25) is 0 Å². The number of hydrogen-bond donors (Lipinski definition) is 0. The van der Waals surface area contributed by atoms with Gasteiger partial charge >= 0.3 is 11.5 Å². The lowest BCUT2D eigenvalue weighted by atomic mass is 10.2. The zero-order valence-corrected chi connectivity index (χ0v) is 15.1. The Bertz CT molecular complexity index is 945. The van der Waals surface area contributed by atoms with Crippen molar-refractivity contribution >= 4 is 29.4 Å². The third-order valence-corrected chi connectivity index (χ3v) is 5.52. The minimum atomic E-state index is -4.43. The van der Waals surface area contributed by atoms with Crippen molar-refractivity contribution in [3.05, 3.63) is 54.1 Å². The van der Waals surface area contributed by atoms with Crippen LogP contribution in [0.5, 0.6) is 0 Å². The molecule has 2 aromatic rings. The molecule has 0 atom stereocenters. The molecule has 2 heterocycles. The van der Waals surface area contributed by atoms with Crippen LogP contribution in [0.1, 0.15) is 18.4 Å². The number of alkyl halides is 3. The van der Waals surface area contributed by atoms with Crippen LogP contribution in [0, 0.1) is 5.82 Å². The molecule has 0 N–H and O–H groups in total. The molecule has 2 fully saturated rings. The zero-order valence-electron chi connectivity index (χ0n) is 14.2. The summed E-state index contributed by atoms with van der Waals surface area (Å²) in [5.41, 5.74) is -5.01. The summed E-state index contributed by atoms with van der Waals surface area (Å²) in [6.45, 7) is -0.0859. The van der Waals surface area contributed by atoms with Crippen LogP contribution >= 0.6 is 11.8 Å². The number of amides is 3. The van der Waals surface area contributed by atoms with Crippen LogP contribution in [0.3, 0.4) is 0 Å². The minimum absolute atomic E-state index is 0.0489. The maximum atomic E-state index is 13.9. The van der Waals surface area contributed by atoms with E-state index in [0.717, 1.165) is 11.1 Å². The average molecular weight is 411 g/mol. The van der Waals surface area contributed by atoms with E-state index in [1.54, 1.807) is 0 Å². The second-order valence-corrected chi connectivity index (χ2v) is 7.69. The predicted octanol–water partition coefficient (Wildman–Crippen LogP) is 4.33. The molecule has 1 aromatic heterocycles. The second-order valence-electron chi connectivity index (χ2n) is 6.55. The van der Waals surface area contributed by atoms with E-state index in [1.807, 2.05) is 0 Å². The van der Waals surface area contributed by atoms with E-state index in [4.69, 9.17) is 0 Å². The number of imide groups is 1. The third kappa shape index (κ3) is 3.21. The molecule has 1 aromatic carbocycles. The predicted molar refractivity (Wildman–Crippen MR) is 92.9 cm³/mol. The van der Waals surface area contributed by atoms with Gasteiger partial charge in [-0.25, -0.2) is 14.1 Å². The van der Waals surface area contributed by atoms with Gasteiger partial charge < -0.3 is 4.90 Å². The van der Waals surface area contributed by atoms with Crippen molar-refractivity contribution in [1.82, 2.24) is 9.88 Å². The first-order valence-electron chi connectivity index (χ1n) is 8.32. The van der Waals surface area contributed by atoms with Gasteiger partial charge in [-0.2, -0.15) is 13.2 Å². The molecular weight excluding hydrogens is 398 g/mol. The number of hydrogen-bond acceptors (Lipinski definition) is 4. The second kappa shape index (κ2) is 6.47. The molecule has 1 spiro atoms. The molecule has 146 valence electrons. The first kappa shape index (κ1) is 18.7. The zero-order chi connectivity index (χ0) is 20.1. The first-order chi connectivity index (χ1) is 13.2. The van der Waals surface area contributed by atoms with Crippen molar-refractivity contribution in [2.75, 3.05) is 4.90 Å². The molecular formula is C18H13F4N3O2S. The number of aromatic nitrogens is 1. The van der Waals surface area contributed by atoms with Gasteiger partial charge in [-0.05, 0) is 54.9 Å². The lowest BCUT2D eigenvalue weighted by Gasteiger charge is -2.21. The minimum Gasteiger partial charge on any atom is -0.305 e. The summed E-state index contributed by atoms with van der Waals surface area (Å²) in [5.74, 6) is -1.02. The molecule has 1 saturated carbocycles.